The Morgan fingerprint density at radius 2 is 1.61 bits per heavy atom. The number of aliphatic hydroxyl groups is 1. The summed E-state index contributed by atoms with van der Waals surface area (Å²) in [6, 6.07) is 18.2. The number of halogens is 2. The van der Waals surface area contributed by atoms with Crippen LogP contribution >= 0.6 is 0 Å². The zero-order valence-electron chi connectivity index (χ0n) is 18.9. The molecule has 1 aliphatic heterocycles. The number of para-hydroxylation sites is 2. The van der Waals surface area contributed by atoms with Crippen molar-refractivity contribution >= 4 is 22.9 Å². The maximum Gasteiger partial charge on any atom is 0.309 e. The summed E-state index contributed by atoms with van der Waals surface area (Å²) in [6.07, 6.45) is 3.27. The first-order valence-electron chi connectivity index (χ1n) is 11.3. The van der Waals surface area contributed by atoms with Gasteiger partial charge in [-0.15, -0.1) is 0 Å². The van der Waals surface area contributed by atoms with Gasteiger partial charge in [0.15, 0.2) is 11.6 Å². The molecule has 1 N–H and O–H groups in total. The van der Waals surface area contributed by atoms with Crippen LogP contribution in [0, 0.1) is 11.6 Å². The van der Waals surface area contributed by atoms with Crippen LogP contribution in [-0.4, -0.2) is 28.3 Å². The van der Waals surface area contributed by atoms with Crippen LogP contribution in [0.1, 0.15) is 18.4 Å². The minimum atomic E-state index is -0.966. The average Bonchev–Trinajstić information content (AvgIpc) is 2.87. The molecule has 2 heterocycles. The van der Waals surface area contributed by atoms with Gasteiger partial charge < -0.3 is 19.3 Å². The van der Waals surface area contributed by atoms with Gasteiger partial charge >= 0.3 is 5.97 Å². The third-order valence-corrected chi connectivity index (χ3v) is 5.60. The van der Waals surface area contributed by atoms with Gasteiger partial charge in [0.1, 0.15) is 28.9 Å². The van der Waals surface area contributed by atoms with Gasteiger partial charge in [0.25, 0.3) is 0 Å². The average molecular weight is 489 g/mol. The maximum atomic E-state index is 15.4. The molecule has 0 bridgehead atoms. The smallest absolute Gasteiger partial charge is 0.309 e. The third kappa shape index (κ3) is 5.04. The molecule has 1 aromatic heterocycles. The monoisotopic (exact) mass is 489 g/mol. The number of fused-ring (bicyclic) bond motifs is 1. The van der Waals surface area contributed by atoms with Gasteiger partial charge in [-0.1, -0.05) is 42.5 Å². The molecule has 0 radical (unpaired) electrons. The Morgan fingerprint density at radius 3 is 2.25 bits per heavy atom. The largest absolute Gasteiger partial charge is 0.458 e. The predicted molar refractivity (Wildman–Crippen MR) is 129 cm³/mol. The molecule has 5 rings (SSSR count). The third-order valence-electron chi connectivity index (χ3n) is 5.60. The Hall–Kier alpha value is -4.30. The molecule has 36 heavy (non-hydrogen) atoms. The molecule has 2 atom stereocenters. The van der Waals surface area contributed by atoms with Gasteiger partial charge in [-0.05, 0) is 36.4 Å². The Kier molecular flexibility index (Phi) is 6.60. The van der Waals surface area contributed by atoms with Crippen LogP contribution in [-0.2, 0) is 9.53 Å². The SMILES string of the molecule is O=C1C[C@H](O)C[C@@H](/C=C/c2cnc3c(F)c(Oc4ccccc4)c(F)cc3c2Oc2ccccc2)O1. The van der Waals surface area contributed by atoms with E-state index in [0.717, 1.165) is 6.07 Å². The van der Waals surface area contributed by atoms with E-state index >= 15 is 8.78 Å². The number of carbonyl (C=O) groups is 1. The fraction of sp³-hybridized carbons (Fsp3) is 0.143. The summed E-state index contributed by atoms with van der Waals surface area (Å²) >= 11 is 0. The van der Waals surface area contributed by atoms with E-state index < -0.39 is 35.6 Å². The second-order valence-corrected chi connectivity index (χ2v) is 8.25. The molecule has 1 fully saturated rings. The van der Waals surface area contributed by atoms with Crippen LogP contribution in [0.4, 0.5) is 8.78 Å². The van der Waals surface area contributed by atoms with Gasteiger partial charge in [0, 0.05) is 23.6 Å². The molecule has 0 aliphatic carbocycles. The Balaban J connectivity index is 1.58. The molecule has 4 aromatic rings. The van der Waals surface area contributed by atoms with Crippen molar-refractivity contribution in [2.75, 3.05) is 0 Å². The van der Waals surface area contributed by atoms with Crippen LogP contribution in [0.25, 0.3) is 17.0 Å². The van der Waals surface area contributed by atoms with Gasteiger partial charge in [-0.2, -0.15) is 0 Å². The van der Waals surface area contributed by atoms with Crippen LogP contribution in [0.15, 0.2) is 79.0 Å². The molecule has 1 aliphatic rings. The van der Waals surface area contributed by atoms with E-state index in [-0.39, 0.29) is 35.2 Å². The fourth-order valence-corrected chi connectivity index (χ4v) is 3.92. The number of rotatable bonds is 6. The number of ether oxygens (including phenoxy) is 3. The lowest BCUT2D eigenvalue weighted by molar-refractivity contribution is -0.156. The lowest BCUT2D eigenvalue weighted by Crippen LogP contribution is -2.31. The van der Waals surface area contributed by atoms with E-state index in [1.165, 1.54) is 6.20 Å². The van der Waals surface area contributed by atoms with Crippen molar-refractivity contribution in [3.63, 3.8) is 0 Å². The molecule has 0 saturated carbocycles. The predicted octanol–water partition coefficient (Wildman–Crippen LogP) is 6.18. The van der Waals surface area contributed by atoms with Gasteiger partial charge in [-0.3, -0.25) is 9.78 Å². The second-order valence-electron chi connectivity index (χ2n) is 8.25. The molecule has 0 amide bonds. The number of nitrogens with zero attached hydrogens (tertiary/aromatic N) is 1. The zero-order valence-corrected chi connectivity index (χ0v) is 18.9. The Bertz CT molecular complexity index is 1430. The van der Waals surface area contributed by atoms with Crippen molar-refractivity contribution in [3.8, 4) is 23.0 Å². The van der Waals surface area contributed by atoms with Crippen LogP contribution in [0.5, 0.6) is 23.0 Å². The molecule has 6 nitrogen and oxygen atoms in total. The van der Waals surface area contributed by atoms with Gasteiger partial charge in [0.2, 0.25) is 5.75 Å². The van der Waals surface area contributed by atoms with E-state index in [9.17, 15) is 9.90 Å². The number of pyridine rings is 1. The van der Waals surface area contributed by atoms with E-state index in [4.69, 9.17) is 14.2 Å². The first-order chi connectivity index (χ1) is 17.5. The highest BCUT2D eigenvalue weighted by molar-refractivity contribution is 5.90. The van der Waals surface area contributed by atoms with Crippen LogP contribution < -0.4 is 9.47 Å². The maximum absolute atomic E-state index is 15.4. The minimum Gasteiger partial charge on any atom is -0.458 e. The number of carbonyl (C=O) groups excluding carboxylic acids is 1. The number of hydrogen-bond acceptors (Lipinski definition) is 6. The lowest BCUT2D eigenvalue weighted by atomic mass is 10.0. The fourth-order valence-electron chi connectivity index (χ4n) is 3.92. The van der Waals surface area contributed by atoms with Crippen LogP contribution in [0.3, 0.4) is 0 Å². The topological polar surface area (TPSA) is 77.9 Å². The van der Waals surface area contributed by atoms with Crippen molar-refractivity contribution in [2.45, 2.75) is 25.0 Å². The molecule has 0 spiro atoms. The van der Waals surface area contributed by atoms with Crippen molar-refractivity contribution in [1.82, 2.24) is 4.98 Å². The summed E-state index contributed by atoms with van der Waals surface area (Å²) in [5.74, 6) is -2.08. The number of aromatic nitrogens is 1. The molecule has 3 aromatic carbocycles. The summed E-state index contributed by atoms with van der Waals surface area (Å²) in [5.41, 5.74) is 0.267. The highest BCUT2D eigenvalue weighted by atomic mass is 19.1. The van der Waals surface area contributed by atoms with Gasteiger partial charge in [0.05, 0.1) is 12.5 Å². The normalized spacial score (nSPS) is 17.8. The number of aliphatic hydroxyl groups excluding tert-OH is 1. The lowest BCUT2D eigenvalue weighted by Gasteiger charge is -2.23. The van der Waals surface area contributed by atoms with Crippen molar-refractivity contribution in [1.29, 1.82) is 0 Å². The summed E-state index contributed by atoms with van der Waals surface area (Å²) in [4.78, 5) is 15.9. The number of hydrogen-bond donors (Lipinski definition) is 1. The van der Waals surface area contributed by atoms with E-state index in [1.54, 1.807) is 66.7 Å². The Labute approximate surface area is 205 Å². The van der Waals surface area contributed by atoms with E-state index in [0.29, 0.717) is 11.3 Å². The highest BCUT2D eigenvalue weighted by Crippen LogP contribution is 2.39. The summed E-state index contributed by atoms with van der Waals surface area (Å²) in [7, 11) is 0. The standard InChI is InChI=1S/C28H21F2NO5/c29-23-15-22-26(25(30)28(23)36-20-9-5-2-6-10-20)31-16-17(27(22)35-19-7-3-1-4-8-19)11-12-21-13-18(32)14-24(33)34-21/h1-12,15-16,18,21,32H,13-14H2/b12-11+/t18-,21-/m1/s1. The highest BCUT2D eigenvalue weighted by Gasteiger charge is 2.26. The second kappa shape index (κ2) is 10.1. The van der Waals surface area contributed by atoms with Crippen molar-refractivity contribution in [3.05, 3.63) is 96.2 Å². The van der Waals surface area contributed by atoms with Crippen LogP contribution in [0.2, 0.25) is 0 Å². The van der Waals surface area contributed by atoms with E-state index in [2.05, 4.69) is 4.98 Å². The Morgan fingerprint density at radius 1 is 0.972 bits per heavy atom. The summed E-state index contributed by atoms with van der Waals surface area (Å²) in [5, 5.41) is 9.96. The first-order valence-corrected chi connectivity index (χ1v) is 11.3. The first kappa shape index (κ1) is 23.4. The number of esters is 1. The van der Waals surface area contributed by atoms with Crippen molar-refractivity contribution in [2.24, 2.45) is 0 Å². The molecule has 182 valence electrons. The van der Waals surface area contributed by atoms with Crippen molar-refractivity contribution < 1.29 is 32.9 Å². The minimum absolute atomic E-state index is 0.0593. The quantitative estimate of drug-likeness (QED) is 0.326. The molecular formula is C28H21F2NO5. The molecular weight excluding hydrogens is 468 g/mol. The number of benzene rings is 3. The summed E-state index contributed by atoms with van der Waals surface area (Å²) < 4.78 is 47.3. The molecule has 1 saturated heterocycles. The zero-order chi connectivity index (χ0) is 25.1. The van der Waals surface area contributed by atoms with E-state index in [1.807, 2.05) is 6.07 Å². The van der Waals surface area contributed by atoms with Gasteiger partial charge in [-0.25, -0.2) is 8.78 Å². The summed E-state index contributed by atoms with van der Waals surface area (Å²) in [6.45, 7) is 0. The molecule has 8 heteroatoms. The number of cyclic esters (lactones) is 1. The molecule has 0 unspecified atom stereocenters.